The molecular weight excluding hydrogens is 436 g/mol. The summed E-state index contributed by atoms with van der Waals surface area (Å²) in [4.78, 5) is 26.7. The standard InChI is InChI=1S/C21H28N4O6S/c1-5-31-21(26)19(12-15(2)3)24(4)32(29,30)17-8-6-16(7-9-17)13-23-18-10-11-22-14-20(18)25(27)28/h6-11,14-15,19H,5,12-13H2,1-4H3,(H,22,23)/t19-/m0/s1. The quantitative estimate of drug-likeness (QED) is 0.305. The summed E-state index contributed by atoms with van der Waals surface area (Å²) in [6, 6.07) is 6.69. The van der Waals surface area contributed by atoms with E-state index in [1.54, 1.807) is 19.1 Å². The van der Waals surface area contributed by atoms with E-state index in [2.05, 4.69) is 10.3 Å². The number of rotatable bonds is 11. The molecule has 0 saturated heterocycles. The van der Waals surface area contributed by atoms with E-state index in [1.807, 2.05) is 13.8 Å². The molecule has 0 saturated carbocycles. The number of carbonyl (C=O) groups excluding carboxylic acids is 1. The van der Waals surface area contributed by atoms with Crippen molar-refractivity contribution in [3.05, 3.63) is 58.4 Å². The van der Waals surface area contributed by atoms with Crippen molar-refractivity contribution < 1.29 is 22.9 Å². The van der Waals surface area contributed by atoms with Gasteiger partial charge < -0.3 is 10.1 Å². The Bertz CT molecular complexity index is 1040. The zero-order chi connectivity index (χ0) is 23.9. The molecule has 1 N–H and O–H groups in total. The normalized spacial score (nSPS) is 12.6. The van der Waals surface area contributed by atoms with Crippen molar-refractivity contribution in [2.45, 2.75) is 44.7 Å². The number of anilines is 1. The van der Waals surface area contributed by atoms with Gasteiger partial charge in [0.25, 0.3) is 0 Å². The Hall–Kier alpha value is -3.05. The second-order valence-electron chi connectivity index (χ2n) is 7.57. The molecule has 10 nitrogen and oxygen atoms in total. The number of carbonyl (C=O) groups is 1. The van der Waals surface area contributed by atoms with Crippen molar-refractivity contribution in [2.24, 2.45) is 5.92 Å². The smallest absolute Gasteiger partial charge is 0.324 e. The number of ether oxygens (including phenoxy) is 1. The van der Waals surface area contributed by atoms with E-state index in [0.717, 1.165) is 16.1 Å². The van der Waals surface area contributed by atoms with Crippen molar-refractivity contribution >= 4 is 27.4 Å². The third-order valence-corrected chi connectivity index (χ3v) is 6.65. The number of nitrogens with one attached hydrogen (secondary N) is 1. The lowest BCUT2D eigenvalue weighted by Gasteiger charge is -2.27. The van der Waals surface area contributed by atoms with E-state index < -0.39 is 27.0 Å². The van der Waals surface area contributed by atoms with Gasteiger partial charge in [0.15, 0.2) is 0 Å². The number of nitro groups is 1. The third-order valence-electron chi connectivity index (χ3n) is 4.77. The van der Waals surface area contributed by atoms with Crippen LogP contribution < -0.4 is 5.32 Å². The fraction of sp³-hybridized carbons (Fsp3) is 0.429. The average Bonchev–Trinajstić information content (AvgIpc) is 2.76. The Morgan fingerprint density at radius 1 is 1.25 bits per heavy atom. The zero-order valence-corrected chi connectivity index (χ0v) is 19.3. The fourth-order valence-corrected chi connectivity index (χ4v) is 4.39. The van der Waals surface area contributed by atoms with Crippen LogP contribution in [0.1, 0.15) is 32.8 Å². The highest BCUT2D eigenvalue weighted by molar-refractivity contribution is 7.89. The second kappa shape index (κ2) is 11.0. The molecule has 1 heterocycles. The highest BCUT2D eigenvalue weighted by Crippen LogP contribution is 2.24. The number of sulfonamides is 1. The molecule has 0 aliphatic rings. The minimum absolute atomic E-state index is 0.0386. The van der Waals surface area contributed by atoms with Gasteiger partial charge in [-0.2, -0.15) is 4.31 Å². The predicted molar refractivity (Wildman–Crippen MR) is 119 cm³/mol. The molecule has 2 rings (SSSR count). The predicted octanol–water partition coefficient (Wildman–Crippen LogP) is 3.20. The molecule has 0 aliphatic carbocycles. The molecule has 1 aromatic carbocycles. The van der Waals surface area contributed by atoms with Crippen LogP contribution in [-0.4, -0.2) is 48.3 Å². The molecule has 0 radical (unpaired) electrons. The molecular formula is C21H28N4O6S. The molecule has 11 heteroatoms. The SMILES string of the molecule is CCOC(=O)[C@H](CC(C)C)N(C)S(=O)(=O)c1ccc(CNc2ccncc2[N+](=O)[O-])cc1. The van der Waals surface area contributed by atoms with Gasteiger partial charge in [0.2, 0.25) is 10.0 Å². The van der Waals surface area contributed by atoms with Crippen LogP contribution >= 0.6 is 0 Å². The van der Waals surface area contributed by atoms with Crippen LogP contribution in [0.25, 0.3) is 0 Å². The zero-order valence-electron chi connectivity index (χ0n) is 18.5. The summed E-state index contributed by atoms with van der Waals surface area (Å²) in [7, 11) is -2.56. The van der Waals surface area contributed by atoms with Crippen molar-refractivity contribution in [2.75, 3.05) is 19.0 Å². The summed E-state index contributed by atoms with van der Waals surface area (Å²) in [5.74, 6) is -0.486. The van der Waals surface area contributed by atoms with Crippen LogP contribution in [0, 0.1) is 16.0 Å². The van der Waals surface area contributed by atoms with Crippen LogP contribution in [0.3, 0.4) is 0 Å². The second-order valence-corrected chi connectivity index (χ2v) is 9.56. The molecule has 0 bridgehead atoms. The molecule has 1 aromatic heterocycles. The lowest BCUT2D eigenvalue weighted by atomic mass is 10.0. The molecule has 32 heavy (non-hydrogen) atoms. The van der Waals surface area contributed by atoms with E-state index >= 15 is 0 Å². The first-order valence-electron chi connectivity index (χ1n) is 10.1. The van der Waals surface area contributed by atoms with Crippen molar-refractivity contribution in [1.82, 2.24) is 9.29 Å². The van der Waals surface area contributed by atoms with Crippen molar-refractivity contribution in [1.29, 1.82) is 0 Å². The summed E-state index contributed by atoms with van der Waals surface area (Å²) < 4.78 is 32.3. The average molecular weight is 465 g/mol. The fourth-order valence-electron chi connectivity index (χ4n) is 3.07. The summed E-state index contributed by atoms with van der Waals surface area (Å²) >= 11 is 0. The highest BCUT2D eigenvalue weighted by atomic mass is 32.2. The number of likely N-dealkylation sites (N-methyl/N-ethyl adjacent to an activating group) is 1. The number of aromatic nitrogens is 1. The van der Waals surface area contributed by atoms with E-state index in [0.29, 0.717) is 12.1 Å². The largest absolute Gasteiger partial charge is 0.465 e. The van der Waals surface area contributed by atoms with Gasteiger partial charge in [-0.05, 0) is 43.0 Å². The van der Waals surface area contributed by atoms with Gasteiger partial charge in [-0.3, -0.25) is 19.9 Å². The molecule has 0 unspecified atom stereocenters. The van der Waals surface area contributed by atoms with Gasteiger partial charge in [0.1, 0.15) is 17.9 Å². The molecule has 174 valence electrons. The van der Waals surface area contributed by atoms with Gasteiger partial charge in [-0.1, -0.05) is 26.0 Å². The highest BCUT2D eigenvalue weighted by Gasteiger charge is 2.34. The Labute approximate surface area is 187 Å². The van der Waals surface area contributed by atoms with Crippen LogP contribution in [0.5, 0.6) is 0 Å². The Kier molecular flexibility index (Phi) is 8.67. The maximum Gasteiger partial charge on any atom is 0.324 e. The van der Waals surface area contributed by atoms with Crippen molar-refractivity contribution in [3.63, 3.8) is 0 Å². The number of hydrogen-bond donors (Lipinski definition) is 1. The van der Waals surface area contributed by atoms with Crippen LogP contribution in [0.15, 0.2) is 47.6 Å². The lowest BCUT2D eigenvalue weighted by molar-refractivity contribution is -0.384. The Morgan fingerprint density at radius 2 is 1.91 bits per heavy atom. The number of benzene rings is 1. The maximum absolute atomic E-state index is 13.1. The summed E-state index contributed by atoms with van der Waals surface area (Å²) in [6.07, 6.45) is 2.93. The van der Waals surface area contributed by atoms with Gasteiger partial charge in [-0.15, -0.1) is 0 Å². The third kappa shape index (κ3) is 6.24. The first kappa shape index (κ1) is 25.2. The van der Waals surface area contributed by atoms with Gasteiger partial charge >= 0.3 is 11.7 Å². The van der Waals surface area contributed by atoms with E-state index in [4.69, 9.17) is 4.74 Å². The van der Waals surface area contributed by atoms with Gasteiger partial charge in [-0.25, -0.2) is 8.42 Å². The van der Waals surface area contributed by atoms with Crippen LogP contribution in [0.4, 0.5) is 11.4 Å². The van der Waals surface area contributed by atoms with Crippen LogP contribution in [0.2, 0.25) is 0 Å². The van der Waals surface area contributed by atoms with E-state index in [1.165, 1.54) is 31.4 Å². The Morgan fingerprint density at radius 3 is 2.47 bits per heavy atom. The number of nitrogens with zero attached hydrogens (tertiary/aromatic N) is 3. The van der Waals surface area contributed by atoms with Gasteiger partial charge in [0.05, 0.1) is 16.4 Å². The summed E-state index contributed by atoms with van der Waals surface area (Å²) in [5, 5.41) is 14.0. The monoisotopic (exact) mass is 464 g/mol. The molecule has 0 fully saturated rings. The number of hydrogen-bond acceptors (Lipinski definition) is 8. The first-order chi connectivity index (χ1) is 15.1. The van der Waals surface area contributed by atoms with Gasteiger partial charge in [0, 0.05) is 19.8 Å². The molecule has 0 amide bonds. The van der Waals surface area contributed by atoms with E-state index in [9.17, 15) is 23.3 Å². The maximum atomic E-state index is 13.1. The van der Waals surface area contributed by atoms with Crippen LogP contribution in [-0.2, 0) is 26.1 Å². The molecule has 0 spiro atoms. The van der Waals surface area contributed by atoms with Crippen molar-refractivity contribution in [3.8, 4) is 0 Å². The first-order valence-corrected chi connectivity index (χ1v) is 11.6. The topological polar surface area (TPSA) is 132 Å². The van der Waals surface area contributed by atoms with E-state index in [-0.39, 0.29) is 29.7 Å². The molecule has 2 aromatic rings. The number of esters is 1. The summed E-state index contributed by atoms with van der Waals surface area (Å²) in [5.41, 5.74) is 0.887. The minimum Gasteiger partial charge on any atom is -0.465 e. The Balaban J connectivity index is 2.18. The summed E-state index contributed by atoms with van der Waals surface area (Å²) in [6.45, 7) is 5.90. The minimum atomic E-state index is -3.93. The lowest BCUT2D eigenvalue weighted by Crippen LogP contribution is -2.44. The number of pyridine rings is 1. The molecule has 1 atom stereocenters. The molecule has 0 aliphatic heterocycles.